The molecule has 2 aromatic carbocycles. The van der Waals surface area contributed by atoms with Gasteiger partial charge in [0.25, 0.3) is 0 Å². The Hall–Kier alpha value is -2.77. The fraction of sp³-hybridized carbons (Fsp3) is 0.320. The van der Waals surface area contributed by atoms with E-state index < -0.39 is 0 Å². The highest BCUT2D eigenvalue weighted by Gasteiger charge is 2.15. The number of ether oxygens (including phenoxy) is 1. The van der Waals surface area contributed by atoms with Crippen LogP contribution in [0.1, 0.15) is 44.9 Å². The monoisotopic (exact) mass is 484 g/mol. The summed E-state index contributed by atoms with van der Waals surface area (Å²) in [4.78, 5) is 23.0. The highest BCUT2D eigenvalue weighted by Crippen LogP contribution is 2.26. The van der Waals surface area contributed by atoms with Crippen molar-refractivity contribution in [2.24, 2.45) is 4.99 Å². The maximum atomic E-state index is 13.5. The van der Waals surface area contributed by atoms with E-state index >= 15 is 0 Å². The largest absolute Gasteiger partial charge is 0.490 e. The lowest BCUT2D eigenvalue weighted by Crippen LogP contribution is -2.43. The van der Waals surface area contributed by atoms with E-state index in [0.717, 1.165) is 16.9 Å². The van der Waals surface area contributed by atoms with E-state index in [0.29, 0.717) is 28.0 Å². The van der Waals surface area contributed by atoms with E-state index in [1.807, 2.05) is 76.4 Å². The molecule has 0 radical (unpaired) electrons. The Bertz CT molecular complexity index is 1260. The van der Waals surface area contributed by atoms with E-state index in [9.17, 15) is 4.79 Å². The molecular weight excluding hydrogens is 456 g/mol. The molecule has 174 valence electrons. The molecule has 0 spiro atoms. The van der Waals surface area contributed by atoms with Gasteiger partial charge in [-0.1, -0.05) is 48.2 Å². The maximum Gasteiger partial charge on any atom is 0.333 e. The van der Waals surface area contributed by atoms with Gasteiger partial charge < -0.3 is 4.74 Å². The molecule has 0 aliphatic rings. The molecule has 8 heteroatoms. The third-order valence-electron chi connectivity index (χ3n) is 4.84. The number of hydrogen-bond donors (Lipinski definition) is 0. The van der Waals surface area contributed by atoms with Gasteiger partial charge in [0.05, 0.1) is 18.3 Å². The smallest absolute Gasteiger partial charge is 0.333 e. The molecule has 0 fully saturated rings. The molecule has 0 aliphatic heterocycles. The Morgan fingerprint density at radius 3 is 2.45 bits per heavy atom. The standard InChI is InChI=1S/C25H29ClN4O2S/c1-7-19-14-21(12-13-22(19)32-17(4)5)27-23-28-24(33-6)30(16(2)3)25(31)29(23)15-18-8-10-20(26)11-9-18/h7-14,16-17H,1,15H2,2-6H3/b27-23+. The molecule has 0 bridgehead atoms. The van der Waals surface area contributed by atoms with Crippen LogP contribution in [0.4, 0.5) is 5.69 Å². The lowest BCUT2D eigenvalue weighted by atomic mass is 10.1. The second-order valence-electron chi connectivity index (χ2n) is 8.06. The first-order chi connectivity index (χ1) is 15.7. The van der Waals surface area contributed by atoms with Gasteiger partial charge in [-0.05, 0) is 69.8 Å². The zero-order chi connectivity index (χ0) is 24.1. The zero-order valence-electron chi connectivity index (χ0n) is 19.6. The molecular formula is C25H29ClN4O2S. The van der Waals surface area contributed by atoms with E-state index in [4.69, 9.17) is 26.3 Å². The molecule has 33 heavy (non-hydrogen) atoms. The van der Waals surface area contributed by atoms with Crippen molar-refractivity contribution in [3.05, 3.63) is 81.3 Å². The predicted octanol–water partition coefficient (Wildman–Crippen LogP) is 5.71. The second kappa shape index (κ2) is 10.9. The normalized spacial score (nSPS) is 11.9. The summed E-state index contributed by atoms with van der Waals surface area (Å²) in [5.41, 5.74) is 2.59. The van der Waals surface area contributed by atoms with Crippen LogP contribution in [0, 0.1) is 0 Å². The van der Waals surface area contributed by atoms with Gasteiger partial charge in [-0.2, -0.15) is 4.98 Å². The van der Waals surface area contributed by atoms with Crippen molar-refractivity contribution in [2.75, 3.05) is 6.26 Å². The topological polar surface area (TPSA) is 61.4 Å². The number of aromatic nitrogens is 3. The van der Waals surface area contributed by atoms with E-state index in [2.05, 4.69) is 6.58 Å². The maximum absolute atomic E-state index is 13.5. The molecule has 0 amide bonds. The molecule has 0 aliphatic carbocycles. The van der Waals surface area contributed by atoms with Crippen LogP contribution in [0.2, 0.25) is 5.02 Å². The van der Waals surface area contributed by atoms with Gasteiger partial charge in [0.1, 0.15) is 5.75 Å². The summed E-state index contributed by atoms with van der Waals surface area (Å²) in [6, 6.07) is 13.0. The number of thioether (sulfide) groups is 1. The zero-order valence-corrected chi connectivity index (χ0v) is 21.2. The number of rotatable bonds is 8. The summed E-state index contributed by atoms with van der Waals surface area (Å²) < 4.78 is 9.13. The highest BCUT2D eigenvalue weighted by molar-refractivity contribution is 7.98. The van der Waals surface area contributed by atoms with Crippen LogP contribution in [-0.2, 0) is 6.54 Å². The third-order valence-corrected chi connectivity index (χ3v) is 5.74. The molecule has 3 aromatic rings. The van der Waals surface area contributed by atoms with Crippen molar-refractivity contribution in [1.29, 1.82) is 0 Å². The summed E-state index contributed by atoms with van der Waals surface area (Å²) in [6.07, 6.45) is 3.68. The first-order valence-electron chi connectivity index (χ1n) is 10.7. The van der Waals surface area contributed by atoms with Gasteiger partial charge in [-0.3, -0.25) is 9.13 Å². The molecule has 1 aromatic heterocycles. The van der Waals surface area contributed by atoms with Crippen LogP contribution < -0.4 is 16.0 Å². The molecule has 0 unspecified atom stereocenters. The SMILES string of the molecule is C=Cc1cc(/N=c2\nc(SC)n(C(C)C)c(=O)n2Cc2ccc(Cl)cc2)ccc1OC(C)C. The minimum absolute atomic E-state index is 0.0437. The summed E-state index contributed by atoms with van der Waals surface area (Å²) >= 11 is 7.46. The number of benzene rings is 2. The molecule has 6 nitrogen and oxygen atoms in total. The first kappa shape index (κ1) is 24.9. The van der Waals surface area contributed by atoms with Crippen molar-refractivity contribution >= 4 is 35.1 Å². The van der Waals surface area contributed by atoms with Gasteiger partial charge in [-0.25, -0.2) is 9.79 Å². The lowest BCUT2D eigenvalue weighted by Gasteiger charge is -2.17. The van der Waals surface area contributed by atoms with E-state index in [1.165, 1.54) is 11.8 Å². The summed E-state index contributed by atoms with van der Waals surface area (Å²) in [6.45, 7) is 12.1. The van der Waals surface area contributed by atoms with Crippen LogP contribution in [0.5, 0.6) is 5.75 Å². The number of halogens is 1. The minimum atomic E-state index is -0.165. The van der Waals surface area contributed by atoms with E-state index in [1.54, 1.807) is 15.2 Å². The van der Waals surface area contributed by atoms with Crippen LogP contribution in [0.25, 0.3) is 6.08 Å². The average Bonchev–Trinajstić information content (AvgIpc) is 2.77. The fourth-order valence-corrected chi connectivity index (χ4v) is 4.11. The fourth-order valence-electron chi connectivity index (χ4n) is 3.32. The Morgan fingerprint density at radius 2 is 1.88 bits per heavy atom. The van der Waals surface area contributed by atoms with Crippen molar-refractivity contribution < 1.29 is 4.74 Å². The van der Waals surface area contributed by atoms with Crippen LogP contribution >= 0.6 is 23.4 Å². The average molecular weight is 485 g/mol. The third kappa shape index (κ3) is 5.97. The van der Waals surface area contributed by atoms with Gasteiger partial charge >= 0.3 is 5.69 Å². The van der Waals surface area contributed by atoms with Gasteiger partial charge in [-0.15, -0.1) is 0 Å². The minimum Gasteiger partial charge on any atom is -0.490 e. The molecule has 0 atom stereocenters. The molecule has 0 saturated carbocycles. The van der Waals surface area contributed by atoms with Crippen LogP contribution in [0.15, 0.2) is 64.0 Å². The van der Waals surface area contributed by atoms with Crippen molar-refractivity contribution in [2.45, 2.75) is 51.5 Å². The Labute approximate surface area is 203 Å². The van der Waals surface area contributed by atoms with Gasteiger partial charge in [0, 0.05) is 16.6 Å². The molecule has 0 N–H and O–H groups in total. The van der Waals surface area contributed by atoms with Crippen LogP contribution in [0.3, 0.4) is 0 Å². The van der Waals surface area contributed by atoms with Gasteiger partial charge in [0.15, 0.2) is 5.16 Å². The quantitative estimate of drug-likeness (QED) is 0.384. The summed E-state index contributed by atoms with van der Waals surface area (Å²) in [5, 5.41) is 1.26. The van der Waals surface area contributed by atoms with Crippen molar-refractivity contribution in [3.8, 4) is 5.75 Å². The second-order valence-corrected chi connectivity index (χ2v) is 9.27. The van der Waals surface area contributed by atoms with Gasteiger partial charge in [0.2, 0.25) is 5.62 Å². The molecule has 1 heterocycles. The summed E-state index contributed by atoms with van der Waals surface area (Å²) in [5.74, 6) is 0.737. The molecule has 0 saturated heterocycles. The highest BCUT2D eigenvalue weighted by atomic mass is 35.5. The first-order valence-corrected chi connectivity index (χ1v) is 12.3. The number of nitrogens with zero attached hydrogens (tertiary/aromatic N) is 4. The summed E-state index contributed by atoms with van der Waals surface area (Å²) in [7, 11) is 0. The van der Waals surface area contributed by atoms with E-state index in [-0.39, 0.29) is 17.8 Å². The Kier molecular flexibility index (Phi) is 8.21. The lowest BCUT2D eigenvalue weighted by molar-refractivity contribution is 0.242. The van der Waals surface area contributed by atoms with Crippen molar-refractivity contribution in [3.63, 3.8) is 0 Å². The Balaban J connectivity index is 2.22. The molecule has 3 rings (SSSR count). The predicted molar refractivity (Wildman–Crippen MR) is 137 cm³/mol. The van der Waals surface area contributed by atoms with Crippen LogP contribution in [-0.4, -0.2) is 26.5 Å². The number of hydrogen-bond acceptors (Lipinski definition) is 5. The Morgan fingerprint density at radius 1 is 1.18 bits per heavy atom. The van der Waals surface area contributed by atoms with Crippen molar-refractivity contribution in [1.82, 2.24) is 14.1 Å².